The molecule has 0 unspecified atom stereocenters. The van der Waals surface area contributed by atoms with Gasteiger partial charge in [0.25, 0.3) is 0 Å². The van der Waals surface area contributed by atoms with Gasteiger partial charge in [-0.25, -0.2) is 9.98 Å². The maximum atomic E-state index is 4.46. The molecule has 92 valence electrons. The monoisotopic (exact) mass is 258 g/mol. The number of aliphatic imine (C=N–C) groups is 1. The van der Waals surface area contributed by atoms with Crippen molar-refractivity contribution in [2.45, 2.75) is 20.0 Å². The van der Waals surface area contributed by atoms with E-state index in [4.69, 9.17) is 0 Å². The Morgan fingerprint density at radius 2 is 2.28 bits per heavy atom. The van der Waals surface area contributed by atoms with Gasteiger partial charge in [0.15, 0.2) is 5.96 Å². The van der Waals surface area contributed by atoms with Crippen LogP contribution in [0.15, 0.2) is 34.6 Å². The first-order chi connectivity index (χ1) is 8.81. The largest absolute Gasteiger partial charge is 0.350 e. The van der Waals surface area contributed by atoms with Crippen molar-refractivity contribution >= 4 is 23.0 Å². The first kappa shape index (κ1) is 11.2. The Kier molecular flexibility index (Phi) is 2.98. The van der Waals surface area contributed by atoms with E-state index < -0.39 is 0 Å². The summed E-state index contributed by atoms with van der Waals surface area (Å²) in [6, 6.07) is 8.22. The van der Waals surface area contributed by atoms with Gasteiger partial charge in [-0.3, -0.25) is 0 Å². The zero-order valence-electron chi connectivity index (χ0n) is 10.1. The first-order valence-electron chi connectivity index (χ1n) is 5.85. The fraction of sp³-hybridized carbons (Fsp3) is 0.231. The molecule has 0 saturated heterocycles. The zero-order chi connectivity index (χ0) is 12.4. The number of rotatable bonds is 2. The van der Waals surface area contributed by atoms with Crippen LogP contribution in [0.3, 0.4) is 0 Å². The van der Waals surface area contributed by atoms with Crippen LogP contribution in [-0.4, -0.2) is 10.9 Å². The molecule has 5 heteroatoms. The summed E-state index contributed by atoms with van der Waals surface area (Å²) in [6.07, 6.45) is 0. The standard InChI is InChI=1S/C13H14N4S/c1-9-8-18-12(16-9)7-15-13-14-6-10-4-2-3-5-11(10)17-13/h2-5,8H,6-7H2,1H3,(H2,14,15,17). The van der Waals surface area contributed by atoms with Crippen LogP contribution < -0.4 is 10.6 Å². The average Bonchev–Trinajstić information content (AvgIpc) is 2.82. The lowest BCUT2D eigenvalue weighted by Crippen LogP contribution is -2.32. The van der Waals surface area contributed by atoms with Crippen LogP contribution in [-0.2, 0) is 13.1 Å². The van der Waals surface area contributed by atoms with Crippen molar-refractivity contribution in [2.24, 2.45) is 4.99 Å². The lowest BCUT2D eigenvalue weighted by Gasteiger charge is -2.18. The third-order valence-corrected chi connectivity index (χ3v) is 3.72. The number of hydrogen-bond acceptors (Lipinski definition) is 5. The number of nitrogens with one attached hydrogen (secondary N) is 2. The number of fused-ring (bicyclic) bond motifs is 1. The van der Waals surface area contributed by atoms with Gasteiger partial charge in [0.2, 0.25) is 0 Å². The first-order valence-corrected chi connectivity index (χ1v) is 6.73. The van der Waals surface area contributed by atoms with E-state index in [1.807, 2.05) is 19.1 Å². The molecule has 0 bridgehead atoms. The van der Waals surface area contributed by atoms with Crippen LogP contribution in [0.25, 0.3) is 0 Å². The second-order valence-electron chi connectivity index (χ2n) is 4.18. The van der Waals surface area contributed by atoms with E-state index in [0.717, 1.165) is 28.9 Å². The van der Waals surface area contributed by atoms with Crippen molar-refractivity contribution in [1.82, 2.24) is 10.3 Å². The van der Waals surface area contributed by atoms with E-state index in [2.05, 4.69) is 38.1 Å². The minimum Gasteiger partial charge on any atom is -0.350 e. The molecular formula is C13H14N4S. The van der Waals surface area contributed by atoms with Crippen LogP contribution in [0, 0.1) is 6.92 Å². The van der Waals surface area contributed by atoms with Gasteiger partial charge in [-0.05, 0) is 18.6 Å². The predicted octanol–water partition coefficient (Wildman–Crippen LogP) is 2.52. The summed E-state index contributed by atoms with van der Waals surface area (Å²) in [5.41, 5.74) is 3.43. The predicted molar refractivity (Wildman–Crippen MR) is 74.9 cm³/mol. The van der Waals surface area contributed by atoms with Gasteiger partial charge in [0.05, 0.1) is 13.1 Å². The van der Waals surface area contributed by atoms with Gasteiger partial charge in [0, 0.05) is 16.8 Å². The van der Waals surface area contributed by atoms with E-state index in [0.29, 0.717) is 6.54 Å². The molecule has 0 atom stereocenters. The van der Waals surface area contributed by atoms with Gasteiger partial charge in [-0.15, -0.1) is 11.3 Å². The highest BCUT2D eigenvalue weighted by atomic mass is 32.1. The molecule has 18 heavy (non-hydrogen) atoms. The Morgan fingerprint density at radius 1 is 1.39 bits per heavy atom. The van der Waals surface area contributed by atoms with Crippen LogP contribution in [0.1, 0.15) is 16.3 Å². The number of benzene rings is 1. The highest BCUT2D eigenvalue weighted by Crippen LogP contribution is 2.19. The van der Waals surface area contributed by atoms with Gasteiger partial charge in [-0.2, -0.15) is 0 Å². The van der Waals surface area contributed by atoms with Gasteiger partial charge < -0.3 is 10.6 Å². The Labute approximate surface area is 110 Å². The molecule has 1 aromatic heterocycles. The summed E-state index contributed by atoms with van der Waals surface area (Å²) in [6.45, 7) is 3.45. The van der Waals surface area contributed by atoms with Gasteiger partial charge in [0.1, 0.15) is 5.01 Å². The highest BCUT2D eigenvalue weighted by molar-refractivity contribution is 7.09. The smallest absolute Gasteiger partial charge is 0.196 e. The van der Waals surface area contributed by atoms with Crippen molar-refractivity contribution in [3.63, 3.8) is 0 Å². The van der Waals surface area contributed by atoms with Gasteiger partial charge >= 0.3 is 0 Å². The molecule has 2 aromatic rings. The molecule has 0 saturated carbocycles. The highest BCUT2D eigenvalue weighted by Gasteiger charge is 2.10. The average molecular weight is 258 g/mol. The number of hydrogen-bond donors (Lipinski definition) is 2. The second kappa shape index (κ2) is 4.78. The zero-order valence-corrected chi connectivity index (χ0v) is 10.9. The Morgan fingerprint density at radius 3 is 3.11 bits per heavy atom. The molecule has 1 aromatic carbocycles. The summed E-state index contributed by atoms with van der Waals surface area (Å²) >= 11 is 1.67. The van der Waals surface area contributed by atoms with Crippen molar-refractivity contribution in [2.75, 3.05) is 5.32 Å². The minimum absolute atomic E-state index is 0.715. The summed E-state index contributed by atoms with van der Waals surface area (Å²) in [5, 5.41) is 9.71. The second-order valence-corrected chi connectivity index (χ2v) is 5.13. The fourth-order valence-electron chi connectivity index (χ4n) is 1.85. The van der Waals surface area contributed by atoms with Crippen molar-refractivity contribution in [3.8, 4) is 0 Å². The molecule has 0 aliphatic carbocycles. The molecule has 0 radical (unpaired) electrons. The van der Waals surface area contributed by atoms with Crippen LogP contribution in [0.2, 0.25) is 0 Å². The number of thiazole rings is 1. The fourth-order valence-corrected chi connectivity index (χ4v) is 2.57. The quantitative estimate of drug-likeness (QED) is 0.870. The molecule has 0 spiro atoms. The number of nitrogens with zero attached hydrogens (tertiary/aromatic N) is 2. The van der Waals surface area contributed by atoms with Gasteiger partial charge in [-0.1, -0.05) is 18.2 Å². The van der Waals surface area contributed by atoms with E-state index >= 15 is 0 Å². The lowest BCUT2D eigenvalue weighted by molar-refractivity contribution is 0.870. The molecule has 2 heterocycles. The lowest BCUT2D eigenvalue weighted by atomic mass is 10.1. The third kappa shape index (κ3) is 2.36. The Hall–Kier alpha value is -1.88. The number of guanidine groups is 1. The van der Waals surface area contributed by atoms with E-state index in [1.54, 1.807) is 11.3 Å². The summed E-state index contributed by atoms with van der Waals surface area (Å²) in [4.78, 5) is 8.88. The van der Waals surface area contributed by atoms with Crippen molar-refractivity contribution < 1.29 is 0 Å². The number of para-hydroxylation sites is 1. The maximum absolute atomic E-state index is 4.46. The number of aromatic nitrogens is 1. The molecular weight excluding hydrogens is 244 g/mol. The van der Waals surface area contributed by atoms with Crippen LogP contribution >= 0.6 is 11.3 Å². The van der Waals surface area contributed by atoms with Crippen LogP contribution in [0.4, 0.5) is 5.69 Å². The molecule has 1 aliphatic rings. The van der Waals surface area contributed by atoms with Crippen LogP contribution in [0.5, 0.6) is 0 Å². The molecule has 3 rings (SSSR count). The summed E-state index contributed by atoms with van der Waals surface area (Å²) < 4.78 is 0. The SMILES string of the molecule is Cc1csc(CNC2=NCc3ccccc3N2)n1. The number of aryl methyl sites for hydroxylation is 1. The van der Waals surface area contributed by atoms with E-state index in [9.17, 15) is 0 Å². The Balaban J connectivity index is 1.64. The minimum atomic E-state index is 0.715. The molecule has 2 N–H and O–H groups in total. The van der Waals surface area contributed by atoms with Crippen molar-refractivity contribution in [1.29, 1.82) is 0 Å². The van der Waals surface area contributed by atoms with Crippen molar-refractivity contribution in [3.05, 3.63) is 45.9 Å². The molecule has 0 amide bonds. The topological polar surface area (TPSA) is 49.3 Å². The summed E-state index contributed by atoms with van der Waals surface area (Å²) in [5.74, 6) is 0.821. The molecule has 0 fully saturated rings. The van der Waals surface area contributed by atoms with E-state index in [-0.39, 0.29) is 0 Å². The molecule has 1 aliphatic heterocycles. The molecule has 4 nitrogen and oxygen atoms in total. The Bertz CT molecular complexity index is 588. The maximum Gasteiger partial charge on any atom is 0.196 e. The normalized spacial score (nSPS) is 13.5. The number of anilines is 1. The third-order valence-electron chi connectivity index (χ3n) is 2.75. The van der Waals surface area contributed by atoms with E-state index in [1.165, 1.54) is 5.56 Å². The summed E-state index contributed by atoms with van der Waals surface area (Å²) in [7, 11) is 0.